The highest BCUT2D eigenvalue weighted by Crippen LogP contribution is 2.27. The Morgan fingerprint density at radius 1 is 1.20 bits per heavy atom. The van der Waals surface area contributed by atoms with E-state index in [1.807, 2.05) is 18.2 Å². The van der Waals surface area contributed by atoms with Gasteiger partial charge in [0.05, 0.1) is 5.56 Å². The minimum absolute atomic E-state index is 0.309. The highest BCUT2D eigenvalue weighted by Gasteiger charge is 2.09. The van der Waals surface area contributed by atoms with Gasteiger partial charge in [-0.25, -0.2) is 4.79 Å². The number of carbonyl (C=O) groups is 1. The Hall–Kier alpha value is -2.43. The number of azide groups is 1. The second-order valence-electron chi connectivity index (χ2n) is 3.95. The first kappa shape index (κ1) is 14.0. The van der Waals surface area contributed by atoms with Crippen LogP contribution in [-0.4, -0.2) is 11.1 Å². The van der Waals surface area contributed by atoms with Crippen molar-refractivity contribution < 1.29 is 9.90 Å². The maximum Gasteiger partial charge on any atom is 0.336 e. The molecule has 2 aromatic rings. The Morgan fingerprint density at radius 2 is 1.90 bits per heavy atom. The van der Waals surface area contributed by atoms with Crippen molar-refractivity contribution in [3.8, 4) is 0 Å². The van der Waals surface area contributed by atoms with Gasteiger partial charge in [0.2, 0.25) is 0 Å². The fourth-order valence-corrected chi connectivity index (χ4v) is 2.64. The number of carboxylic acid groups (broad SMARTS) is 1. The van der Waals surface area contributed by atoms with Crippen molar-refractivity contribution in [3.05, 3.63) is 70.1 Å². The smallest absolute Gasteiger partial charge is 0.336 e. The van der Waals surface area contributed by atoms with Crippen molar-refractivity contribution in [2.75, 3.05) is 0 Å². The predicted molar refractivity (Wildman–Crippen MR) is 78.2 cm³/mol. The third-order valence-electron chi connectivity index (χ3n) is 2.61. The molecule has 100 valence electrons. The van der Waals surface area contributed by atoms with E-state index in [9.17, 15) is 4.79 Å². The standard InChI is InChI=1S/C14H11N3O2S/c15-17-16-11-7-5-10(6-8-11)9-20-13-4-2-1-3-12(13)14(18)19/h1-8H,9H2,(H,18,19). The topological polar surface area (TPSA) is 86.1 Å². The Balaban J connectivity index is 2.09. The van der Waals surface area contributed by atoms with E-state index in [0.29, 0.717) is 17.0 Å². The molecule has 5 nitrogen and oxygen atoms in total. The average molecular weight is 285 g/mol. The second-order valence-corrected chi connectivity index (χ2v) is 4.96. The summed E-state index contributed by atoms with van der Waals surface area (Å²) in [4.78, 5) is 14.5. The molecule has 0 spiro atoms. The predicted octanol–water partition coefficient (Wildman–Crippen LogP) is 4.62. The molecule has 6 heteroatoms. The van der Waals surface area contributed by atoms with Crippen LogP contribution in [0.15, 0.2) is 58.5 Å². The van der Waals surface area contributed by atoms with Gasteiger partial charge in [-0.3, -0.25) is 0 Å². The largest absolute Gasteiger partial charge is 0.478 e. The summed E-state index contributed by atoms with van der Waals surface area (Å²) < 4.78 is 0. The van der Waals surface area contributed by atoms with Crippen molar-refractivity contribution in [1.29, 1.82) is 0 Å². The van der Waals surface area contributed by atoms with Gasteiger partial charge in [-0.1, -0.05) is 41.5 Å². The Labute approximate surface area is 119 Å². The Morgan fingerprint density at radius 3 is 2.55 bits per heavy atom. The molecule has 0 saturated heterocycles. The number of hydrogen-bond donors (Lipinski definition) is 1. The normalized spacial score (nSPS) is 9.80. The molecule has 0 aliphatic heterocycles. The zero-order chi connectivity index (χ0) is 14.4. The van der Waals surface area contributed by atoms with Gasteiger partial charge in [0.1, 0.15) is 0 Å². The number of carboxylic acids is 1. The lowest BCUT2D eigenvalue weighted by atomic mass is 10.2. The van der Waals surface area contributed by atoms with Gasteiger partial charge >= 0.3 is 5.97 Å². The molecule has 1 N–H and O–H groups in total. The molecule has 0 fully saturated rings. The van der Waals surface area contributed by atoms with Crippen LogP contribution in [0.25, 0.3) is 10.4 Å². The molecule has 2 rings (SSSR count). The Bertz CT molecular complexity index is 664. The molecule has 2 aromatic carbocycles. The maximum absolute atomic E-state index is 11.1. The van der Waals surface area contributed by atoms with Crippen LogP contribution in [0.5, 0.6) is 0 Å². The summed E-state index contributed by atoms with van der Waals surface area (Å²) in [6, 6.07) is 14.1. The van der Waals surface area contributed by atoms with Crippen LogP contribution in [0.3, 0.4) is 0 Å². The van der Waals surface area contributed by atoms with E-state index < -0.39 is 5.97 Å². The molecule has 20 heavy (non-hydrogen) atoms. The lowest BCUT2D eigenvalue weighted by Gasteiger charge is -2.05. The summed E-state index contributed by atoms with van der Waals surface area (Å²) >= 11 is 1.46. The minimum atomic E-state index is -0.924. The molecule has 0 aromatic heterocycles. The third-order valence-corrected chi connectivity index (χ3v) is 3.75. The molecule has 0 saturated carbocycles. The van der Waals surface area contributed by atoms with Crippen molar-refractivity contribution in [2.24, 2.45) is 5.11 Å². The minimum Gasteiger partial charge on any atom is -0.478 e. The second kappa shape index (κ2) is 6.65. The number of hydrogen-bond acceptors (Lipinski definition) is 3. The maximum atomic E-state index is 11.1. The summed E-state index contributed by atoms with van der Waals surface area (Å²) in [5.41, 5.74) is 10.2. The zero-order valence-electron chi connectivity index (χ0n) is 10.4. The quantitative estimate of drug-likeness (QED) is 0.376. The lowest BCUT2D eigenvalue weighted by molar-refractivity contribution is 0.0693. The summed E-state index contributed by atoms with van der Waals surface area (Å²) in [5.74, 6) is -0.271. The first-order chi connectivity index (χ1) is 9.70. The molecular weight excluding hydrogens is 274 g/mol. The molecule has 0 unspecified atom stereocenters. The molecule has 0 bridgehead atoms. The molecule has 0 atom stereocenters. The number of benzene rings is 2. The van der Waals surface area contributed by atoms with Crippen LogP contribution in [-0.2, 0) is 5.75 Å². The van der Waals surface area contributed by atoms with E-state index in [0.717, 1.165) is 10.5 Å². The van der Waals surface area contributed by atoms with Gasteiger partial charge in [0.25, 0.3) is 0 Å². The van der Waals surface area contributed by atoms with Gasteiger partial charge in [0, 0.05) is 21.2 Å². The summed E-state index contributed by atoms with van der Waals surface area (Å²) in [7, 11) is 0. The van der Waals surface area contributed by atoms with Gasteiger partial charge in [-0.15, -0.1) is 11.8 Å². The van der Waals surface area contributed by atoms with Crippen molar-refractivity contribution >= 4 is 23.4 Å². The van der Waals surface area contributed by atoms with E-state index >= 15 is 0 Å². The van der Waals surface area contributed by atoms with E-state index in [1.54, 1.807) is 30.3 Å². The van der Waals surface area contributed by atoms with E-state index in [1.165, 1.54) is 11.8 Å². The SMILES string of the molecule is [N-]=[N+]=Nc1ccc(CSc2ccccc2C(=O)O)cc1. The van der Waals surface area contributed by atoms with E-state index in [4.69, 9.17) is 10.6 Å². The summed E-state index contributed by atoms with van der Waals surface area (Å²) in [6.45, 7) is 0. The van der Waals surface area contributed by atoms with Crippen molar-refractivity contribution in [1.82, 2.24) is 0 Å². The molecule has 0 aliphatic rings. The molecule has 0 heterocycles. The van der Waals surface area contributed by atoms with Gasteiger partial charge in [-0.05, 0) is 23.2 Å². The van der Waals surface area contributed by atoms with Crippen molar-refractivity contribution in [2.45, 2.75) is 10.6 Å². The Kier molecular flexibility index (Phi) is 4.65. The molecule has 0 aliphatic carbocycles. The fourth-order valence-electron chi connectivity index (χ4n) is 1.64. The molecular formula is C14H11N3O2S. The summed E-state index contributed by atoms with van der Waals surface area (Å²) in [5, 5.41) is 12.6. The zero-order valence-corrected chi connectivity index (χ0v) is 11.2. The van der Waals surface area contributed by atoms with Crippen LogP contribution in [0.4, 0.5) is 5.69 Å². The van der Waals surface area contributed by atoms with Crippen LogP contribution >= 0.6 is 11.8 Å². The highest BCUT2D eigenvalue weighted by molar-refractivity contribution is 7.98. The fraction of sp³-hybridized carbons (Fsp3) is 0.0714. The van der Waals surface area contributed by atoms with Crippen LogP contribution < -0.4 is 0 Å². The highest BCUT2D eigenvalue weighted by atomic mass is 32.2. The number of thioether (sulfide) groups is 1. The van der Waals surface area contributed by atoms with Crippen LogP contribution in [0, 0.1) is 0 Å². The van der Waals surface area contributed by atoms with Crippen LogP contribution in [0.2, 0.25) is 0 Å². The van der Waals surface area contributed by atoms with E-state index in [-0.39, 0.29) is 0 Å². The molecule has 0 amide bonds. The van der Waals surface area contributed by atoms with Gasteiger partial charge < -0.3 is 5.11 Å². The molecule has 0 radical (unpaired) electrons. The van der Waals surface area contributed by atoms with Crippen molar-refractivity contribution in [3.63, 3.8) is 0 Å². The first-order valence-electron chi connectivity index (χ1n) is 5.80. The van der Waals surface area contributed by atoms with E-state index in [2.05, 4.69) is 10.0 Å². The number of rotatable bonds is 5. The van der Waals surface area contributed by atoms with Gasteiger partial charge in [-0.2, -0.15) is 0 Å². The number of nitrogens with zero attached hydrogens (tertiary/aromatic N) is 3. The first-order valence-corrected chi connectivity index (χ1v) is 6.78. The monoisotopic (exact) mass is 285 g/mol. The third kappa shape index (κ3) is 3.54. The lowest BCUT2D eigenvalue weighted by Crippen LogP contribution is -1.98. The van der Waals surface area contributed by atoms with Gasteiger partial charge in [0.15, 0.2) is 0 Å². The van der Waals surface area contributed by atoms with Crippen LogP contribution in [0.1, 0.15) is 15.9 Å². The average Bonchev–Trinajstić information content (AvgIpc) is 2.47. The summed E-state index contributed by atoms with van der Waals surface area (Å²) in [6.07, 6.45) is 0. The number of aromatic carboxylic acids is 1.